The second-order valence-corrected chi connectivity index (χ2v) is 8.30. The Hall–Kier alpha value is -3.06. The van der Waals surface area contributed by atoms with Gasteiger partial charge in [0, 0.05) is 23.7 Å². The summed E-state index contributed by atoms with van der Waals surface area (Å²) >= 11 is 0. The molecule has 1 fully saturated rings. The summed E-state index contributed by atoms with van der Waals surface area (Å²) in [5, 5.41) is 7.31. The van der Waals surface area contributed by atoms with Crippen molar-refractivity contribution in [3.8, 4) is 5.75 Å². The van der Waals surface area contributed by atoms with Gasteiger partial charge in [0.2, 0.25) is 5.95 Å². The van der Waals surface area contributed by atoms with Crippen molar-refractivity contribution in [2.24, 2.45) is 5.92 Å². The summed E-state index contributed by atoms with van der Waals surface area (Å²) in [5.41, 5.74) is 1.36. The van der Waals surface area contributed by atoms with Crippen molar-refractivity contribution in [3.63, 3.8) is 0 Å². The van der Waals surface area contributed by atoms with Gasteiger partial charge in [-0.15, -0.1) is 0 Å². The number of hydrogen-bond donors (Lipinski definition) is 2. The highest BCUT2D eigenvalue weighted by atomic mass is 19.1. The molecular formula is C24H27FN4O2. The third kappa shape index (κ3) is 5.17. The number of piperidine rings is 1. The van der Waals surface area contributed by atoms with Gasteiger partial charge in [-0.3, -0.25) is 4.79 Å². The molecule has 0 saturated carbocycles. The topological polar surface area (TPSA) is 76.1 Å². The number of hydrogen-bond acceptors (Lipinski definition) is 6. The number of aromatic nitrogens is 2. The molecule has 0 radical (unpaired) electrons. The first-order valence-electron chi connectivity index (χ1n) is 10.7. The van der Waals surface area contributed by atoms with E-state index in [2.05, 4.69) is 20.6 Å². The summed E-state index contributed by atoms with van der Waals surface area (Å²) in [4.78, 5) is 21.4. The fourth-order valence-electron chi connectivity index (χ4n) is 3.70. The lowest BCUT2D eigenvalue weighted by molar-refractivity contribution is 0.0964. The summed E-state index contributed by atoms with van der Waals surface area (Å²) in [6, 6.07) is 10.2. The molecule has 1 aromatic heterocycles. The summed E-state index contributed by atoms with van der Waals surface area (Å²) in [6.45, 7) is 5.76. The SMILES string of the molecule is CC(C)CC(=O)c1cc(Nc2ncc3cccc(OC4CCNCC4)c3n2)ccc1F. The predicted octanol–water partition coefficient (Wildman–Crippen LogP) is 4.87. The molecule has 0 amide bonds. The molecule has 31 heavy (non-hydrogen) atoms. The summed E-state index contributed by atoms with van der Waals surface area (Å²) < 4.78 is 20.4. The number of ketones is 1. The van der Waals surface area contributed by atoms with Gasteiger partial charge in [-0.25, -0.2) is 14.4 Å². The number of nitrogens with zero attached hydrogens (tertiary/aromatic N) is 2. The zero-order valence-electron chi connectivity index (χ0n) is 17.8. The molecule has 0 atom stereocenters. The van der Waals surface area contributed by atoms with Crippen LogP contribution in [0.4, 0.5) is 16.0 Å². The molecule has 2 N–H and O–H groups in total. The number of fused-ring (bicyclic) bond motifs is 1. The second-order valence-electron chi connectivity index (χ2n) is 8.30. The summed E-state index contributed by atoms with van der Waals surface area (Å²) in [5.74, 6) is 0.511. The van der Waals surface area contributed by atoms with Gasteiger partial charge in [0.25, 0.3) is 0 Å². The van der Waals surface area contributed by atoms with Crippen LogP contribution in [0.1, 0.15) is 43.5 Å². The Bertz CT molecular complexity index is 1080. The Morgan fingerprint density at radius 3 is 2.84 bits per heavy atom. The Morgan fingerprint density at radius 1 is 1.26 bits per heavy atom. The van der Waals surface area contributed by atoms with Gasteiger partial charge in [0.05, 0.1) is 5.56 Å². The number of benzene rings is 2. The molecule has 7 heteroatoms. The fourth-order valence-corrected chi connectivity index (χ4v) is 3.70. The zero-order valence-corrected chi connectivity index (χ0v) is 17.8. The molecule has 0 spiro atoms. The van der Waals surface area contributed by atoms with Crippen LogP contribution in [0.2, 0.25) is 0 Å². The molecule has 0 bridgehead atoms. The molecule has 6 nitrogen and oxygen atoms in total. The lowest BCUT2D eigenvalue weighted by atomic mass is 10.0. The molecule has 3 aromatic rings. The minimum Gasteiger partial charge on any atom is -0.488 e. The molecule has 1 aliphatic rings. The normalized spacial score (nSPS) is 14.7. The second kappa shape index (κ2) is 9.39. The van der Waals surface area contributed by atoms with Gasteiger partial charge in [0.15, 0.2) is 5.78 Å². The van der Waals surface area contributed by atoms with E-state index in [-0.39, 0.29) is 23.4 Å². The first-order valence-corrected chi connectivity index (χ1v) is 10.7. The zero-order chi connectivity index (χ0) is 21.8. The average Bonchev–Trinajstić information content (AvgIpc) is 2.76. The quantitative estimate of drug-likeness (QED) is 0.529. The van der Waals surface area contributed by atoms with Gasteiger partial charge in [-0.2, -0.15) is 0 Å². The van der Waals surface area contributed by atoms with E-state index in [1.165, 1.54) is 12.1 Å². The Morgan fingerprint density at radius 2 is 2.06 bits per heavy atom. The lowest BCUT2D eigenvalue weighted by Gasteiger charge is -2.24. The van der Waals surface area contributed by atoms with Gasteiger partial charge >= 0.3 is 0 Å². The van der Waals surface area contributed by atoms with Crippen LogP contribution in [-0.2, 0) is 0 Å². The average molecular weight is 423 g/mol. The van der Waals surface area contributed by atoms with E-state index >= 15 is 0 Å². The number of carbonyl (C=O) groups excluding carboxylic acids is 1. The van der Waals surface area contributed by atoms with E-state index in [0.29, 0.717) is 18.1 Å². The number of Topliss-reactive ketones (excluding diaryl/α,β-unsaturated/α-hetero) is 1. The maximum Gasteiger partial charge on any atom is 0.227 e. The van der Waals surface area contributed by atoms with Crippen LogP contribution in [0.3, 0.4) is 0 Å². The molecule has 4 rings (SSSR count). The number of halogens is 1. The smallest absolute Gasteiger partial charge is 0.227 e. The first-order chi connectivity index (χ1) is 15.0. The molecule has 162 valence electrons. The highest BCUT2D eigenvalue weighted by molar-refractivity contribution is 5.97. The summed E-state index contributed by atoms with van der Waals surface area (Å²) in [6.07, 6.45) is 4.09. The molecule has 2 heterocycles. The van der Waals surface area contributed by atoms with E-state index in [9.17, 15) is 9.18 Å². The van der Waals surface area contributed by atoms with Crippen molar-refractivity contribution in [3.05, 3.63) is 54.0 Å². The highest BCUT2D eigenvalue weighted by Gasteiger charge is 2.17. The van der Waals surface area contributed by atoms with Crippen LogP contribution < -0.4 is 15.4 Å². The van der Waals surface area contributed by atoms with E-state index in [4.69, 9.17) is 4.74 Å². The third-order valence-electron chi connectivity index (χ3n) is 5.27. The van der Waals surface area contributed by atoms with Crippen LogP contribution in [-0.4, -0.2) is 34.9 Å². The number of nitrogens with one attached hydrogen (secondary N) is 2. The van der Waals surface area contributed by atoms with E-state index in [0.717, 1.165) is 42.6 Å². The van der Waals surface area contributed by atoms with Crippen molar-refractivity contribution >= 4 is 28.3 Å². The van der Waals surface area contributed by atoms with Crippen LogP contribution in [0.25, 0.3) is 10.9 Å². The molecule has 0 unspecified atom stereocenters. The Kier molecular flexibility index (Phi) is 6.42. The van der Waals surface area contributed by atoms with Crippen molar-refractivity contribution in [2.45, 2.75) is 39.2 Å². The third-order valence-corrected chi connectivity index (χ3v) is 5.27. The van der Waals surface area contributed by atoms with Crippen LogP contribution in [0.5, 0.6) is 5.75 Å². The van der Waals surface area contributed by atoms with Gasteiger partial charge < -0.3 is 15.4 Å². The monoisotopic (exact) mass is 422 g/mol. The number of carbonyl (C=O) groups is 1. The van der Waals surface area contributed by atoms with E-state index in [1.54, 1.807) is 12.3 Å². The van der Waals surface area contributed by atoms with E-state index in [1.807, 2.05) is 32.0 Å². The van der Waals surface area contributed by atoms with Crippen molar-refractivity contribution in [1.82, 2.24) is 15.3 Å². The Labute approximate surface area is 181 Å². The molecule has 2 aromatic carbocycles. The number of ether oxygens (including phenoxy) is 1. The number of rotatable bonds is 7. The van der Waals surface area contributed by atoms with Gasteiger partial charge in [-0.05, 0) is 56.1 Å². The highest BCUT2D eigenvalue weighted by Crippen LogP contribution is 2.28. The first kappa shape index (κ1) is 21.2. The largest absolute Gasteiger partial charge is 0.488 e. The minimum atomic E-state index is -0.520. The molecule has 1 aliphatic heterocycles. The fraction of sp³-hybridized carbons (Fsp3) is 0.375. The molecule has 1 saturated heterocycles. The lowest BCUT2D eigenvalue weighted by Crippen LogP contribution is -2.34. The maximum absolute atomic E-state index is 14.2. The maximum atomic E-state index is 14.2. The minimum absolute atomic E-state index is 0.0782. The van der Waals surface area contributed by atoms with Crippen LogP contribution >= 0.6 is 0 Å². The van der Waals surface area contributed by atoms with Crippen molar-refractivity contribution < 1.29 is 13.9 Å². The van der Waals surface area contributed by atoms with Gasteiger partial charge in [0.1, 0.15) is 23.2 Å². The summed E-state index contributed by atoms with van der Waals surface area (Å²) in [7, 11) is 0. The standard InChI is InChI=1S/C24H27FN4O2/c1-15(2)12-21(30)19-13-17(6-7-20(19)25)28-24-27-14-16-4-3-5-22(23(16)29-24)31-18-8-10-26-11-9-18/h3-7,13-15,18,26H,8-12H2,1-2H3,(H,27,28,29). The van der Waals surface area contributed by atoms with Crippen molar-refractivity contribution in [2.75, 3.05) is 18.4 Å². The number of anilines is 2. The van der Waals surface area contributed by atoms with Crippen LogP contribution in [0.15, 0.2) is 42.6 Å². The van der Waals surface area contributed by atoms with Gasteiger partial charge in [-0.1, -0.05) is 26.0 Å². The molecule has 0 aliphatic carbocycles. The predicted molar refractivity (Wildman–Crippen MR) is 120 cm³/mol. The molecular weight excluding hydrogens is 395 g/mol. The Balaban J connectivity index is 1.59. The van der Waals surface area contributed by atoms with E-state index < -0.39 is 5.82 Å². The van der Waals surface area contributed by atoms with Crippen molar-refractivity contribution in [1.29, 1.82) is 0 Å². The number of para-hydroxylation sites is 1. The van der Waals surface area contributed by atoms with Crippen LogP contribution in [0, 0.1) is 11.7 Å².